The lowest BCUT2D eigenvalue weighted by molar-refractivity contribution is 0.0516. The Labute approximate surface area is 155 Å². The van der Waals surface area contributed by atoms with Gasteiger partial charge in [-0.15, -0.1) is 0 Å². The first-order valence-electron chi connectivity index (χ1n) is 8.10. The molecule has 0 aliphatic carbocycles. The van der Waals surface area contributed by atoms with E-state index in [0.717, 1.165) is 26.7 Å². The third-order valence-electron chi connectivity index (χ3n) is 4.35. The van der Waals surface area contributed by atoms with E-state index in [2.05, 4.69) is 82.7 Å². The molecule has 0 N–H and O–H groups in total. The lowest BCUT2D eigenvalue weighted by Crippen LogP contribution is -2.01. The summed E-state index contributed by atoms with van der Waals surface area (Å²) in [5.74, 6) is 0.817. The number of rotatable bonds is 4. The minimum absolute atomic E-state index is 0.216. The number of ether oxygens (including phenoxy) is 2. The van der Waals surface area contributed by atoms with Gasteiger partial charge in [0.05, 0.1) is 0 Å². The molecule has 0 saturated heterocycles. The molecule has 0 aliphatic heterocycles. The molecule has 0 aromatic heterocycles. The van der Waals surface area contributed by atoms with Crippen molar-refractivity contribution >= 4 is 37.5 Å². The summed E-state index contributed by atoms with van der Waals surface area (Å²) in [6, 6.07) is 25.1. The van der Waals surface area contributed by atoms with Gasteiger partial charge in [0, 0.05) is 22.7 Å². The SMILES string of the molecule is COCOc1ccc2ccccc2c1-c1c(Br)ccc2ccccc12. The third-order valence-corrected chi connectivity index (χ3v) is 5.01. The Morgan fingerprint density at radius 3 is 2.00 bits per heavy atom. The van der Waals surface area contributed by atoms with E-state index in [0.29, 0.717) is 0 Å². The van der Waals surface area contributed by atoms with Crippen molar-refractivity contribution in [2.45, 2.75) is 0 Å². The largest absolute Gasteiger partial charge is 0.467 e. The van der Waals surface area contributed by atoms with E-state index >= 15 is 0 Å². The van der Waals surface area contributed by atoms with Crippen molar-refractivity contribution in [3.8, 4) is 16.9 Å². The molecule has 0 aliphatic rings. The first kappa shape index (κ1) is 16.1. The van der Waals surface area contributed by atoms with Crippen molar-refractivity contribution in [1.82, 2.24) is 0 Å². The highest BCUT2D eigenvalue weighted by molar-refractivity contribution is 9.10. The summed E-state index contributed by atoms with van der Waals surface area (Å²) in [4.78, 5) is 0. The Morgan fingerprint density at radius 2 is 1.32 bits per heavy atom. The highest BCUT2D eigenvalue weighted by Crippen LogP contribution is 2.44. The van der Waals surface area contributed by atoms with Gasteiger partial charge in [0.1, 0.15) is 5.75 Å². The topological polar surface area (TPSA) is 18.5 Å². The number of fused-ring (bicyclic) bond motifs is 2. The van der Waals surface area contributed by atoms with Crippen LogP contribution in [0.5, 0.6) is 5.75 Å². The number of hydrogen-bond donors (Lipinski definition) is 0. The fraction of sp³-hybridized carbons (Fsp3) is 0.0909. The summed E-state index contributed by atoms with van der Waals surface area (Å²) in [5, 5.41) is 4.73. The number of hydrogen-bond acceptors (Lipinski definition) is 2. The van der Waals surface area contributed by atoms with E-state index in [1.165, 1.54) is 16.2 Å². The van der Waals surface area contributed by atoms with E-state index in [4.69, 9.17) is 9.47 Å². The van der Waals surface area contributed by atoms with E-state index < -0.39 is 0 Å². The smallest absolute Gasteiger partial charge is 0.188 e. The maximum Gasteiger partial charge on any atom is 0.188 e. The molecule has 124 valence electrons. The summed E-state index contributed by atoms with van der Waals surface area (Å²) < 4.78 is 12.1. The molecule has 0 radical (unpaired) electrons. The normalized spacial score (nSPS) is 11.1. The second-order valence-corrected chi connectivity index (χ2v) is 6.71. The van der Waals surface area contributed by atoms with Crippen LogP contribution < -0.4 is 4.74 Å². The van der Waals surface area contributed by atoms with E-state index in [1.807, 2.05) is 6.07 Å². The van der Waals surface area contributed by atoms with Crippen LogP contribution in [0, 0.1) is 0 Å². The average molecular weight is 393 g/mol. The van der Waals surface area contributed by atoms with Crippen molar-refractivity contribution in [1.29, 1.82) is 0 Å². The number of benzene rings is 4. The summed E-state index contributed by atoms with van der Waals surface area (Å²) in [7, 11) is 1.63. The molecule has 0 saturated carbocycles. The molecule has 2 nitrogen and oxygen atoms in total. The zero-order chi connectivity index (χ0) is 17.2. The number of methoxy groups -OCH3 is 1. The summed E-state index contributed by atoms with van der Waals surface area (Å²) in [6.45, 7) is 0.216. The maximum atomic E-state index is 5.91. The van der Waals surface area contributed by atoms with Gasteiger partial charge in [0.25, 0.3) is 0 Å². The van der Waals surface area contributed by atoms with Crippen LogP contribution in [0.3, 0.4) is 0 Å². The van der Waals surface area contributed by atoms with Gasteiger partial charge in [-0.2, -0.15) is 0 Å². The second kappa shape index (κ2) is 6.87. The van der Waals surface area contributed by atoms with Crippen LogP contribution in [0.4, 0.5) is 0 Å². The molecule has 0 unspecified atom stereocenters. The van der Waals surface area contributed by atoms with Gasteiger partial charge >= 0.3 is 0 Å². The van der Waals surface area contributed by atoms with Crippen LogP contribution in [-0.4, -0.2) is 13.9 Å². The van der Waals surface area contributed by atoms with Crippen LogP contribution in [0.25, 0.3) is 32.7 Å². The Hall–Kier alpha value is -2.36. The van der Waals surface area contributed by atoms with Crippen molar-refractivity contribution in [2.24, 2.45) is 0 Å². The zero-order valence-electron chi connectivity index (χ0n) is 13.8. The van der Waals surface area contributed by atoms with Crippen LogP contribution in [0.2, 0.25) is 0 Å². The van der Waals surface area contributed by atoms with Crippen molar-refractivity contribution in [2.75, 3.05) is 13.9 Å². The number of halogens is 1. The van der Waals surface area contributed by atoms with Crippen LogP contribution >= 0.6 is 15.9 Å². The second-order valence-electron chi connectivity index (χ2n) is 5.85. The van der Waals surface area contributed by atoms with Crippen LogP contribution in [0.1, 0.15) is 0 Å². The predicted molar refractivity (Wildman–Crippen MR) is 107 cm³/mol. The lowest BCUT2D eigenvalue weighted by atomic mass is 9.93. The summed E-state index contributed by atoms with van der Waals surface area (Å²) in [5.41, 5.74) is 2.22. The van der Waals surface area contributed by atoms with Gasteiger partial charge in [-0.05, 0) is 33.7 Å². The van der Waals surface area contributed by atoms with Gasteiger partial charge < -0.3 is 9.47 Å². The molecule has 0 spiro atoms. The predicted octanol–water partition coefficient (Wildman–Crippen LogP) is 6.41. The van der Waals surface area contributed by atoms with Crippen molar-refractivity contribution in [3.05, 3.63) is 77.3 Å². The molecular formula is C22H17BrO2. The van der Waals surface area contributed by atoms with Crippen molar-refractivity contribution in [3.63, 3.8) is 0 Å². The molecule has 3 heteroatoms. The molecule has 0 heterocycles. The minimum atomic E-state index is 0.216. The molecule has 0 amide bonds. The average Bonchev–Trinajstić information content (AvgIpc) is 2.66. The van der Waals surface area contributed by atoms with E-state index in [-0.39, 0.29) is 6.79 Å². The highest BCUT2D eigenvalue weighted by Gasteiger charge is 2.16. The van der Waals surface area contributed by atoms with Gasteiger partial charge in [-0.1, -0.05) is 76.6 Å². The molecule has 0 bridgehead atoms. The van der Waals surface area contributed by atoms with Gasteiger partial charge in [0.15, 0.2) is 6.79 Å². The molecular weight excluding hydrogens is 376 g/mol. The first-order chi connectivity index (χ1) is 12.3. The minimum Gasteiger partial charge on any atom is -0.467 e. The zero-order valence-corrected chi connectivity index (χ0v) is 15.4. The first-order valence-corrected chi connectivity index (χ1v) is 8.90. The fourth-order valence-corrected chi connectivity index (χ4v) is 3.80. The Kier molecular flexibility index (Phi) is 4.43. The highest BCUT2D eigenvalue weighted by atomic mass is 79.9. The molecule has 0 atom stereocenters. The summed E-state index contributed by atoms with van der Waals surface area (Å²) in [6.07, 6.45) is 0. The fourth-order valence-electron chi connectivity index (χ4n) is 3.25. The molecule has 25 heavy (non-hydrogen) atoms. The van der Waals surface area contributed by atoms with Crippen LogP contribution in [0.15, 0.2) is 77.3 Å². The van der Waals surface area contributed by atoms with E-state index in [9.17, 15) is 0 Å². The van der Waals surface area contributed by atoms with Crippen molar-refractivity contribution < 1.29 is 9.47 Å². The van der Waals surface area contributed by atoms with Gasteiger partial charge in [-0.25, -0.2) is 0 Å². The Bertz CT molecular complexity index is 1060. The maximum absolute atomic E-state index is 5.91. The van der Waals surface area contributed by atoms with Crippen LogP contribution in [-0.2, 0) is 4.74 Å². The third kappa shape index (κ3) is 2.90. The van der Waals surface area contributed by atoms with Gasteiger partial charge in [-0.3, -0.25) is 0 Å². The van der Waals surface area contributed by atoms with Gasteiger partial charge in [0.2, 0.25) is 0 Å². The standard InChI is InChI=1S/C22H17BrO2/c1-24-14-25-20-13-11-16-7-3-5-9-18(16)22(20)21-17-8-4-2-6-15(17)10-12-19(21)23/h2-13H,14H2,1H3. The Balaban J connectivity index is 2.11. The van der Waals surface area contributed by atoms with E-state index in [1.54, 1.807) is 7.11 Å². The molecule has 4 aromatic rings. The lowest BCUT2D eigenvalue weighted by Gasteiger charge is -2.17. The Morgan fingerprint density at radius 1 is 0.720 bits per heavy atom. The monoisotopic (exact) mass is 392 g/mol. The molecule has 4 aromatic carbocycles. The summed E-state index contributed by atoms with van der Waals surface area (Å²) >= 11 is 3.76. The molecule has 0 fully saturated rings. The quantitative estimate of drug-likeness (QED) is 0.373. The molecule has 4 rings (SSSR count).